The van der Waals surface area contributed by atoms with Gasteiger partial charge in [0.15, 0.2) is 11.5 Å². The minimum Gasteiger partial charge on any atom is -0.493 e. The summed E-state index contributed by atoms with van der Waals surface area (Å²) in [7, 11) is 3.02. The van der Waals surface area contributed by atoms with E-state index in [0.29, 0.717) is 35.8 Å². The smallest absolute Gasteiger partial charge is 0.282 e. The lowest BCUT2D eigenvalue weighted by Gasteiger charge is -2.34. The molecule has 2 aromatic carbocycles. The molecule has 0 saturated carbocycles. The summed E-state index contributed by atoms with van der Waals surface area (Å²) < 4.78 is 24.1. The zero-order valence-electron chi connectivity index (χ0n) is 18.0. The molecular formula is C24H25FN2O5. The van der Waals surface area contributed by atoms with E-state index in [9.17, 15) is 19.1 Å². The van der Waals surface area contributed by atoms with Crippen LogP contribution in [0, 0.1) is 11.7 Å². The number of halogens is 1. The summed E-state index contributed by atoms with van der Waals surface area (Å²) in [5.41, 5.74) is 1.35. The number of piperidine rings is 1. The number of anilines is 1. The maximum atomic E-state index is 13.6. The summed E-state index contributed by atoms with van der Waals surface area (Å²) >= 11 is 0. The van der Waals surface area contributed by atoms with Crippen molar-refractivity contribution in [2.45, 2.75) is 12.8 Å². The van der Waals surface area contributed by atoms with E-state index in [0.717, 1.165) is 17.7 Å². The second kappa shape index (κ2) is 9.00. The third-order valence-electron chi connectivity index (χ3n) is 5.91. The highest BCUT2D eigenvalue weighted by Crippen LogP contribution is 2.39. The lowest BCUT2D eigenvalue weighted by molar-refractivity contribution is -0.120. The van der Waals surface area contributed by atoms with Gasteiger partial charge in [0, 0.05) is 19.7 Å². The highest BCUT2D eigenvalue weighted by atomic mass is 19.1. The molecule has 4 rings (SSSR count). The molecule has 1 N–H and O–H groups in total. The van der Waals surface area contributed by atoms with Crippen LogP contribution in [0.25, 0.3) is 5.57 Å². The number of carbonyl (C=O) groups excluding carboxylic acids is 2. The SMILES string of the molecule is COc1ccc(C2=C(N3CCCC(CO)C3)C(=O)N(c3ccc(F)cc3)C2=O)cc1OC. The number of carbonyl (C=O) groups is 2. The predicted molar refractivity (Wildman–Crippen MR) is 117 cm³/mol. The van der Waals surface area contributed by atoms with Gasteiger partial charge in [-0.1, -0.05) is 6.07 Å². The van der Waals surface area contributed by atoms with Gasteiger partial charge >= 0.3 is 0 Å². The van der Waals surface area contributed by atoms with Crippen LogP contribution < -0.4 is 14.4 Å². The summed E-state index contributed by atoms with van der Waals surface area (Å²) in [6.07, 6.45) is 1.65. The Morgan fingerprint density at radius 3 is 2.41 bits per heavy atom. The average molecular weight is 440 g/mol. The molecule has 0 radical (unpaired) electrons. The van der Waals surface area contributed by atoms with E-state index in [-0.39, 0.29) is 23.8 Å². The Bertz CT molecular complexity index is 1070. The minimum absolute atomic E-state index is 0.0132. The monoisotopic (exact) mass is 440 g/mol. The van der Waals surface area contributed by atoms with E-state index in [1.165, 1.54) is 38.5 Å². The summed E-state index contributed by atoms with van der Waals surface area (Å²) in [5, 5.41) is 9.66. The Hall–Kier alpha value is -3.39. The topological polar surface area (TPSA) is 79.3 Å². The Kier molecular flexibility index (Phi) is 6.14. The fourth-order valence-corrected chi connectivity index (χ4v) is 4.31. The first-order chi connectivity index (χ1) is 15.5. The number of likely N-dealkylation sites (tertiary alicyclic amines) is 1. The summed E-state index contributed by atoms with van der Waals surface area (Å²) in [6, 6.07) is 10.3. The first-order valence-electron chi connectivity index (χ1n) is 10.4. The number of hydrogen-bond donors (Lipinski definition) is 1. The molecule has 8 heteroatoms. The van der Waals surface area contributed by atoms with Crippen LogP contribution in [0.1, 0.15) is 18.4 Å². The molecule has 168 valence electrons. The molecule has 2 heterocycles. The van der Waals surface area contributed by atoms with E-state index in [1.54, 1.807) is 18.2 Å². The van der Waals surface area contributed by atoms with Gasteiger partial charge in [-0.3, -0.25) is 9.59 Å². The number of aliphatic hydroxyl groups excluding tert-OH is 1. The number of imide groups is 1. The maximum absolute atomic E-state index is 13.6. The van der Waals surface area contributed by atoms with Crippen LogP contribution in [0.4, 0.5) is 10.1 Å². The van der Waals surface area contributed by atoms with Crippen LogP contribution in [0.15, 0.2) is 48.2 Å². The van der Waals surface area contributed by atoms with Crippen LogP contribution in [-0.2, 0) is 9.59 Å². The molecule has 0 aliphatic carbocycles. The Balaban J connectivity index is 1.84. The van der Waals surface area contributed by atoms with Crippen LogP contribution in [0.5, 0.6) is 11.5 Å². The van der Waals surface area contributed by atoms with E-state index in [2.05, 4.69) is 0 Å². The van der Waals surface area contributed by atoms with E-state index >= 15 is 0 Å². The van der Waals surface area contributed by atoms with Gasteiger partial charge in [0.2, 0.25) is 0 Å². The highest BCUT2D eigenvalue weighted by molar-refractivity contribution is 6.45. The second-order valence-electron chi connectivity index (χ2n) is 7.85. The number of hydrogen-bond acceptors (Lipinski definition) is 6. The van der Waals surface area contributed by atoms with Crippen molar-refractivity contribution >= 4 is 23.1 Å². The number of rotatable bonds is 6. The van der Waals surface area contributed by atoms with Crippen molar-refractivity contribution in [3.05, 3.63) is 59.5 Å². The molecular weight excluding hydrogens is 415 g/mol. The van der Waals surface area contributed by atoms with Crippen molar-refractivity contribution < 1.29 is 28.6 Å². The third-order valence-corrected chi connectivity index (χ3v) is 5.91. The fourth-order valence-electron chi connectivity index (χ4n) is 4.31. The zero-order valence-corrected chi connectivity index (χ0v) is 18.0. The predicted octanol–water partition coefficient (Wildman–Crippen LogP) is 2.83. The van der Waals surface area contributed by atoms with Gasteiger partial charge in [-0.05, 0) is 60.7 Å². The first kappa shape index (κ1) is 21.8. The average Bonchev–Trinajstić information content (AvgIpc) is 3.09. The van der Waals surface area contributed by atoms with Crippen molar-refractivity contribution in [3.63, 3.8) is 0 Å². The Morgan fingerprint density at radius 2 is 1.75 bits per heavy atom. The van der Waals surface area contributed by atoms with Gasteiger partial charge in [-0.25, -0.2) is 9.29 Å². The number of amides is 2. The third kappa shape index (κ3) is 3.82. The van der Waals surface area contributed by atoms with Crippen LogP contribution in [0.2, 0.25) is 0 Å². The molecule has 2 aromatic rings. The molecule has 1 fully saturated rings. The van der Waals surface area contributed by atoms with Crippen LogP contribution in [0.3, 0.4) is 0 Å². The molecule has 0 spiro atoms. The number of nitrogens with zero attached hydrogens (tertiary/aromatic N) is 2. The quantitative estimate of drug-likeness (QED) is 0.696. The first-order valence-corrected chi connectivity index (χ1v) is 10.4. The maximum Gasteiger partial charge on any atom is 0.282 e. The number of benzene rings is 2. The van der Waals surface area contributed by atoms with Crippen LogP contribution in [-0.4, -0.2) is 55.7 Å². The van der Waals surface area contributed by atoms with Gasteiger partial charge in [-0.2, -0.15) is 0 Å². The molecule has 1 unspecified atom stereocenters. The van der Waals surface area contributed by atoms with Crippen molar-refractivity contribution in [1.82, 2.24) is 4.90 Å². The lowest BCUT2D eigenvalue weighted by atomic mass is 9.96. The molecule has 7 nitrogen and oxygen atoms in total. The van der Waals surface area contributed by atoms with Gasteiger partial charge in [0.25, 0.3) is 11.8 Å². The van der Waals surface area contributed by atoms with Gasteiger partial charge in [0.05, 0.1) is 25.5 Å². The lowest BCUT2D eigenvalue weighted by Crippen LogP contribution is -2.40. The Morgan fingerprint density at radius 1 is 1.03 bits per heavy atom. The fraction of sp³-hybridized carbons (Fsp3) is 0.333. The summed E-state index contributed by atoms with van der Waals surface area (Å²) in [5.74, 6) is -0.457. The molecule has 1 atom stereocenters. The highest BCUT2D eigenvalue weighted by Gasteiger charge is 2.43. The largest absolute Gasteiger partial charge is 0.493 e. The summed E-state index contributed by atoms with van der Waals surface area (Å²) in [6.45, 7) is 1.08. The number of ether oxygens (including phenoxy) is 2. The van der Waals surface area contributed by atoms with Gasteiger partial charge in [-0.15, -0.1) is 0 Å². The number of methoxy groups -OCH3 is 2. The number of aliphatic hydroxyl groups is 1. The van der Waals surface area contributed by atoms with E-state index in [1.807, 2.05) is 4.90 Å². The van der Waals surface area contributed by atoms with Crippen molar-refractivity contribution in [3.8, 4) is 11.5 Å². The molecule has 0 bridgehead atoms. The van der Waals surface area contributed by atoms with Crippen LogP contribution >= 0.6 is 0 Å². The molecule has 1 saturated heterocycles. The minimum atomic E-state index is -0.491. The second-order valence-corrected chi connectivity index (χ2v) is 7.85. The molecule has 32 heavy (non-hydrogen) atoms. The molecule has 2 aliphatic rings. The molecule has 2 aliphatic heterocycles. The Labute approximate surface area is 185 Å². The molecule has 2 amide bonds. The van der Waals surface area contributed by atoms with Gasteiger partial charge in [0.1, 0.15) is 11.5 Å². The standard InChI is InChI=1S/C24H25FN2O5/c1-31-19-10-5-16(12-20(19)32-2)21-22(26-11-3-4-15(13-26)14-28)24(30)27(23(21)29)18-8-6-17(25)7-9-18/h5-10,12,15,28H,3-4,11,13-14H2,1-2H3. The van der Waals surface area contributed by atoms with Crippen molar-refractivity contribution in [1.29, 1.82) is 0 Å². The van der Waals surface area contributed by atoms with Gasteiger partial charge < -0.3 is 19.5 Å². The summed E-state index contributed by atoms with van der Waals surface area (Å²) in [4.78, 5) is 30.1. The van der Waals surface area contributed by atoms with E-state index in [4.69, 9.17) is 9.47 Å². The normalized spacial score (nSPS) is 19.1. The zero-order chi connectivity index (χ0) is 22.8. The van der Waals surface area contributed by atoms with E-state index < -0.39 is 17.6 Å². The van der Waals surface area contributed by atoms with Crippen molar-refractivity contribution in [2.75, 3.05) is 38.8 Å². The molecule has 0 aromatic heterocycles. The van der Waals surface area contributed by atoms with Crippen molar-refractivity contribution in [2.24, 2.45) is 5.92 Å².